The van der Waals surface area contributed by atoms with Gasteiger partial charge in [-0.25, -0.2) is 0 Å². The number of alkyl halides is 6. The number of unbranched alkanes of at least 4 members (excludes halogenated alkanes) is 1. The van der Waals surface area contributed by atoms with E-state index in [1.165, 1.54) is 73.8 Å². The number of aromatic nitrogens is 1. The van der Waals surface area contributed by atoms with E-state index >= 15 is 0 Å². The van der Waals surface area contributed by atoms with Crippen LogP contribution >= 0.6 is 0 Å². The lowest BCUT2D eigenvalue weighted by molar-refractivity contribution is -0.138. The van der Waals surface area contributed by atoms with Gasteiger partial charge in [0, 0.05) is 21.6 Å². The van der Waals surface area contributed by atoms with E-state index in [0.717, 1.165) is 63.0 Å². The Morgan fingerprint density at radius 1 is 0.435 bits per heavy atom. The number of aryl methyl sites for hydroxylation is 3. The third-order valence-electron chi connectivity index (χ3n) is 14.8. The van der Waals surface area contributed by atoms with Crippen molar-refractivity contribution in [3.8, 4) is 50.2 Å². The molecule has 1 nitrogen and oxygen atoms in total. The fraction of sp³-hybridized carbons (Fsp3) is 0.226. The molecule has 69 heavy (non-hydrogen) atoms. The van der Waals surface area contributed by atoms with Crippen LogP contribution in [0.4, 0.5) is 26.3 Å². The van der Waals surface area contributed by atoms with Crippen LogP contribution in [-0.2, 0) is 29.6 Å². The summed E-state index contributed by atoms with van der Waals surface area (Å²) in [5.41, 5.74) is 17.4. The van der Waals surface area contributed by atoms with E-state index < -0.39 is 23.5 Å². The van der Waals surface area contributed by atoms with Gasteiger partial charge in [0.1, 0.15) is 0 Å². The van der Waals surface area contributed by atoms with Crippen molar-refractivity contribution < 1.29 is 26.3 Å². The molecule has 2 aliphatic rings. The van der Waals surface area contributed by atoms with Crippen molar-refractivity contribution in [2.45, 2.75) is 90.9 Å². The second-order valence-electron chi connectivity index (χ2n) is 19.8. The molecule has 0 saturated carbocycles. The lowest BCUT2D eigenvalue weighted by atomic mass is 9.81. The number of nitrogens with zero attached hydrogens (tertiary/aromatic N) is 1. The van der Waals surface area contributed by atoms with E-state index in [2.05, 4.69) is 145 Å². The summed E-state index contributed by atoms with van der Waals surface area (Å²) in [6, 6.07) is 50.9. The maximum Gasteiger partial charge on any atom is 0.418 e. The van der Waals surface area contributed by atoms with Crippen LogP contribution in [0, 0.1) is 13.8 Å². The maximum atomic E-state index is 14.7. The molecule has 1 heterocycles. The number of para-hydroxylation sites is 1. The largest absolute Gasteiger partial charge is 0.418 e. The van der Waals surface area contributed by atoms with Crippen molar-refractivity contribution in [1.29, 1.82) is 0 Å². The summed E-state index contributed by atoms with van der Waals surface area (Å²) in [6.45, 7) is 15.4. The van der Waals surface area contributed by atoms with Gasteiger partial charge in [-0.05, 0) is 165 Å². The number of benzene rings is 8. The van der Waals surface area contributed by atoms with Crippen LogP contribution in [0.2, 0.25) is 0 Å². The third-order valence-corrected chi connectivity index (χ3v) is 14.8. The Labute approximate surface area is 400 Å². The van der Waals surface area contributed by atoms with Gasteiger partial charge in [-0.1, -0.05) is 144 Å². The Morgan fingerprint density at radius 2 is 0.957 bits per heavy atom. The van der Waals surface area contributed by atoms with Gasteiger partial charge in [0.05, 0.1) is 27.8 Å². The van der Waals surface area contributed by atoms with Crippen molar-refractivity contribution >= 4 is 21.8 Å². The molecule has 348 valence electrons. The molecule has 0 radical (unpaired) electrons. The summed E-state index contributed by atoms with van der Waals surface area (Å²) in [6.07, 6.45) is -6.52. The Bertz CT molecular complexity index is 3490. The number of halogens is 6. The first-order valence-electron chi connectivity index (χ1n) is 23.7. The molecule has 9 aromatic rings. The summed E-state index contributed by atoms with van der Waals surface area (Å²) in [4.78, 5) is 0. The summed E-state index contributed by atoms with van der Waals surface area (Å²) in [7, 11) is 0. The number of hydrogen-bond donors (Lipinski definition) is 0. The van der Waals surface area contributed by atoms with Crippen LogP contribution in [0.15, 0.2) is 158 Å². The summed E-state index contributed by atoms with van der Waals surface area (Å²) in [5, 5.41) is 1.85. The lowest BCUT2D eigenvalue weighted by Gasteiger charge is -2.22. The van der Waals surface area contributed by atoms with E-state index in [0.29, 0.717) is 12.0 Å². The first kappa shape index (κ1) is 45.9. The van der Waals surface area contributed by atoms with Crippen molar-refractivity contribution in [3.63, 3.8) is 0 Å². The van der Waals surface area contributed by atoms with Gasteiger partial charge in [0.2, 0.25) is 0 Å². The smallest absolute Gasteiger partial charge is 0.309 e. The van der Waals surface area contributed by atoms with E-state index in [1.807, 2.05) is 17.6 Å². The minimum atomic E-state index is -4.52. The van der Waals surface area contributed by atoms with Gasteiger partial charge in [0.25, 0.3) is 0 Å². The van der Waals surface area contributed by atoms with Gasteiger partial charge >= 0.3 is 12.4 Å². The lowest BCUT2D eigenvalue weighted by Crippen LogP contribution is -2.15. The van der Waals surface area contributed by atoms with Crippen LogP contribution in [-0.4, -0.2) is 4.57 Å². The second kappa shape index (κ2) is 16.7. The molecule has 11 rings (SSSR count). The van der Waals surface area contributed by atoms with Gasteiger partial charge in [-0.2, -0.15) is 26.3 Å². The predicted octanol–water partition coefficient (Wildman–Crippen LogP) is 18.4. The highest BCUT2D eigenvalue weighted by molar-refractivity contribution is 6.13. The molecule has 0 bridgehead atoms. The summed E-state index contributed by atoms with van der Waals surface area (Å²) in [5.74, 6) is 0. The molecule has 0 unspecified atom stereocenters. The minimum absolute atomic E-state index is 0.0702. The molecule has 0 aliphatic heterocycles. The molecule has 0 atom stereocenters. The molecule has 0 fully saturated rings. The zero-order valence-corrected chi connectivity index (χ0v) is 39.8. The molecular weight excluding hydrogens is 873 g/mol. The maximum absolute atomic E-state index is 14.7. The highest BCUT2D eigenvalue weighted by Gasteiger charge is 2.39. The van der Waals surface area contributed by atoms with Crippen LogP contribution < -0.4 is 0 Å². The van der Waals surface area contributed by atoms with E-state index in [-0.39, 0.29) is 16.5 Å². The molecule has 0 amide bonds. The van der Waals surface area contributed by atoms with Crippen LogP contribution in [0.25, 0.3) is 72.0 Å². The fourth-order valence-corrected chi connectivity index (χ4v) is 11.2. The van der Waals surface area contributed by atoms with Crippen LogP contribution in [0.5, 0.6) is 0 Å². The molecule has 0 saturated heterocycles. The molecule has 1 aromatic heterocycles. The normalized spacial score (nSPS) is 14.3. The number of rotatable bonds is 6. The van der Waals surface area contributed by atoms with Crippen LogP contribution in [0.1, 0.15) is 97.5 Å². The van der Waals surface area contributed by atoms with Crippen molar-refractivity contribution in [2.75, 3.05) is 0 Å². The topological polar surface area (TPSA) is 4.93 Å². The third kappa shape index (κ3) is 7.65. The SMILES string of the molecule is CCCCc1ccccc1C(F)(F)F.Cc1ccc(-c2ccc3c(c2)c2cc4c(cc2n3-c2ccccc2C(F)(F)F)C(C)(C)c2ccccc2-4)cc1-c1cc2c(cc1C)C(C)(C)c1ccccc1-2. The fourth-order valence-electron chi connectivity index (χ4n) is 11.2. The van der Waals surface area contributed by atoms with Crippen molar-refractivity contribution in [3.05, 3.63) is 208 Å². The molecule has 7 heteroatoms. The second-order valence-corrected chi connectivity index (χ2v) is 19.8. The zero-order valence-electron chi connectivity index (χ0n) is 39.8. The number of fused-ring (bicyclic) bond motifs is 9. The highest BCUT2D eigenvalue weighted by atomic mass is 19.4. The van der Waals surface area contributed by atoms with Gasteiger partial charge < -0.3 is 4.57 Å². The monoisotopic (exact) mass is 925 g/mol. The first-order chi connectivity index (χ1) is 32.8. The molecule has 8 aromatic carbocycles. The zero-order chi connectivity index (χ0) is 48.8. The summed E-state index contributed by atoms with van der Waals surface area (Å²) >= 11 is 0. The van der Waals surface area contributed by atoms with Crippen molar-refractivity contribution in [1.82, 2.24) is 4.57 Å². The van der Waals surface area contributed by atoms with E-state index in [1.54, 1.807) is 24.3 Å². The molecule has 2 aliphatic carbocycles. The van der Waals surface area contributed by atoms with Gasteiger partial charge in [-0.15, -0.1) is 0 Å². The molecule has 0 spiro atoms. The molecule has 0 N–H and O–H groups in total. The molecular formula is C62H53F6N. The quantitative estimate of drug-likeness (QED) is 0.146. The average molecular weight is 926 g/mol. The average Bonchev–Trinajstić information content (AvgIpc) is 3.85. The van der Waals surface area contributed by atoms with Crippen molar-refractivity contribution in [2.24, 2.45) is 0 Å². The number of hydrogen-bond acceptors (Lipinski definition) is 0. The van der Waals surface area contributed by atoms with Gasteiger partial charge in [0.15, 0.2) is 0 Å². The predicted molar refractivity (Wildman–Crippen MR) is 271 cm³/mol. The Balaban J connectivity index is 0.000000342. The highest BCUT2D eigenvalue weighted by Crippen LogP contribution is 2.53. The van der Waals surface area contributed by atoms with Crippen LogP contribution in [0.3, 0.4) is 0 Å². The van der Waals surface area contributed by atoms with E-state index in [9.17, 15) is 26.3 Å². The van der Waals surface area contributed by atoms with E-state index in [4.69, 9.17) is 0 Å². The minimum Gasteiger partial charge on any atom is -0.309 e. The summed E-state index contributed by atoms with van der Waals surface area (Å²) < 4.78 is 83.2. The standard InChI is InChI=1S/C51H40F3N.C11H13F3/c1-29-19-20-31(24-35(29)36-26-37-33-13-7-9-15-41(33)49(3,4)44(37)23-30(36)2)32-21-22-46-39(25-32)40-27-38-34-14-8-10-16-42(34)50(5,6)45(38)28-48(40)55(46)47-18-12-11-17-43(47)51(52,53)54;1-2-3-6-9-7-4-5-8-10(9)11(12,13)14/h7-28H,1-6H3;4-5,7-8H,2-3,6H2,1H3. The Morgan fingerprint density at radius 3 is 1.61 bits per heavy atom. The Hall–Kier alpha value is -6.86. The Kier molecular flexibility index (Phi) is 11.1. The first-order valence-corrected chi connectivity index (χ1v) is 23.7. The van der Waals surface area contributed by atoms with Gasteiger partial charge in [-0.3, -0.25) is 0 Å².